The highest BCUT2D eigenvalue weighted by molar-refractivity contribution is 6.00. The minimum absolute atomic E-state index is 0.0156. The Morgan fingerprint density at radius 1 is 1.48 bits per heavy atom. The average Bonchev–Trinajstić information content (AvgIpc) is 3.01. The van der Waals surface area contributed by atoms with Gasteiger partial charge in [-0.15, -0.1) is 0 Å². The van der Waals surface area contributed by atoms with Gasteiger partial charge in [-0.1, -0.05) is 6.07 Å². The Morgan fingerprint density at radius 3 is 3.13 bits per heavy atom. The molecule has 2 N–H and O–H groups in total. The van der Waals surface area contributed by atoms with E-state index < -0.39 is 6.10 Å². The predicted octanol–water partition coefficient (Wildman–Crippen LogP) is 1.10. The number of ether oxygens (including phenoxy) is 1. The van der Waals surface area contributed by atoms with Crippen LogP contribution in [0.15, 0.2) is 36.7 Å². The first-order valence-corrected chi connectivity index (χ1v) is 7.44. The first-order chi connectivity index (χ1) is 11.1. The lowest BCUT2D eigenvalue weighted by molar-refractivity contribution is -0.130. The maximum atomic E-state index is 12.0. The Hall–Kier alpha value is -2.83. The second kappa shape index (κ2) is 6.51. The normalized spacial score (nSPS) is 16.2. The van der Waals surface area contributed by atoms with Gasteiger partial charge in [0.25, 0.3) is 5.91 Å². The Balaban J connectivity index is 1.52. The molecule has 3 rings (SSSR count). The summed E-state index contributed by atoms with van der Waals surface area (Å²) in [7, 11) is 0. The zero-order valence-electron chi connectivity index (χ0n) is 12.8. The molecule has 23 heavy (non-hydrogen) atoms. The van der Waals surface area contributed by atoms with Crippen LogP contribution >= 0.6 is 0 Å². The smallest absolute Gasteiger partial charge is 0.266 e. The summed E-state index contributed by atoms with van der Waals surface area (Å²) in [6.07, 6.45) is 2.68. The van der Waals surface area contributed by atoms with Crippen molar-refractivity contribution in [2.24, 2.45) is 0 Å². The van der Waals surface area contributed by atoms with Crippen LogP contribution in [0, 0.1) is 6.92 Å². The van der Waals surface area contributed by atoms with Crippen LogP contribution in [0.5, 0.6) is 5.75 Å². The second-order valence-corrected chi connectivity index (χ2v) is 5.42. The number of aryl methyl sites for hydroxylation is 1. The summed E-state index contributed by atoms with van der Waals surface area (Å²) in [5.74, 6) is 0.0581. The van der Waals surface area contributed by atoms with Crippen LogP contribution in [0.3, 0.4) is 0 Å². The summed E-state index contributed by atoms with van der Waals surface area (Å²) in [6, 6.07) is 7.36. The van der Waals surface area contributed by atoms with E-state index in [1.807, 2.05) is 31.3 Å². The molecule has 1 atom stereocenters. The molecule has 1 aromatic heterocycles. The maximum Gasteiger partial charge on any atom is 0.266 e. The van der Waals surface area contributed by atoms with Crippen molar-refractivity contribution >= 4 is 17.5 Å². The summed E-state index contributed by atoms with van der Waals surface area (Å²) < 4.78 is 7.36. The average molecular weight is 314 g/mol. The molecule has 1 aromatic carbocycles. The minimum atomic E-state index is -0.810. The molecule has 0 saturated heterocycles. The second-order valence-electron chi connectivity index (χ2n) is 5.42. The van der Waals surface area contributed by atoms with Crippen molar-refractivity contribution < 1.29 is 14.3 Å². The Morgan fingerprint density at radius 2 is 2.35 bits per heavy atom. The highest BCUT2D eigenvalue weighted by Crippen LogP contribution is 2.30. The fourth-order valence-electron chi connectivity index (χ4n) is 2.38. The fourth-order valence-corrected chi connectivity index (χ4v) is 2.38. The third kappa shape index (κ3) is 3.68. The van der Waals surface area contributed by atoms with E-state index >= 15 is 0 Å². The first-order valence-electron chi connectivity index (χ1n) is 7.44. The molecule has 7 heteroatoms. The number of hydrogen-bond donors (Lipinski definition) is 2. The molecule has 7 nitrogen and oxygen atoms in total. The lowest BCUT2D eigenvalue weighted by Gasteiger charge is -2.25. The van der Waals surface area contributed by atoms with Crippen molar-refractivity contribution in [1.29, 1.82) is 0 Å². The number of amides is 2. The van der Waals surface area contributed by atoms with Gasteiger partial charge < -0.3 is 15.4 Å². The van der Waals surface area contributed by atoms with Gasteiger partial charge in [-0.2, -0.15) is 5.10 Å². The van der Waals surface area contributed by atoms with Crippen molar-refractivity contribution in [3.63, 3.8) is 0 Å². The molecule has 0 saturated carbocycles. The number of nitrogens with one attached hydrogen (secondary N) is 2. The molecule has 0 bridgehead atoms. The largest absolute Gasteiger partial charge is 0.478 e. The number of benzene rings is 1. The van der Waals surface area contributed by atoms with Crippen LogP contribution in [-0.4, -0.2) is 34.2 Å². The summed E-state index contributed by atoms with van der Waals surface area (Å²) in [5, 5.41) is 9.59. The van der Waals surface area contributed by atoms with E-state index in [-0.39, 0.29) is 18.2 Å². The van der Waals surface area contributed by atoms with Crippen molar-refractivity contribution in [1.82, 2.24) is 15.1 Å². The molecule has 120 valence electrons. The van der Waals surface area contributed by atoms with E-state index in [0.717, 1.165) is 5.56 Å². The number of carbonyl (C=O) groups excluding carboxylic acids is 2. The molecule has 0 radical (unpaired) electrons. The van der Waals surface area contributed by atoms with Gasteiger partial charge in [-0.05, 0) is 30.7 Å². The standard InChI is InChI=1S/C16H18N4O3/c1-11-3-4-13-12(9-11)19-16(22)14(23-13)10-15(21)17-6-8-20-7-2-5-18-20/h2-5,7,9,14H,6,8,10H2,1H3,(H,17,21)(H,19,22). The molecular weight excluding hydrogens is 296 g/mol. The van der Waals surface area contributed by atoms with Crippen LogP contribution < -0.4 is 15.4 Å². The number of aromatic nitrogens is 2. The van der Waals surface area contributed by atoms with E-state index in [0.29, 0.717) is 24.5 Å². The molecule has 0 fully saturated rings. The van der Waals surface area contributed by atoms with Crippen LogP contribution in [0.2, 0.25) is 0 Å². The van der Waals surface area contributed by atoms with Gasteiger partial charge >= 0.3 is 0 Å². The molecule has 1 unspecified atom stereocenters. The van der Waals surface area contributed by atoms with E-state index in [4.69, 9.17) is 4.74 Å². The number of carbonyl (C=O) groups is 2. The molecule has 1 aliphatic rings. The molecule has 1 aliphatic heterocycles. The highest BCUT2D eigenvalue weighted by atomic mass is 16.5. The molecule has 0 spiro atoms. The quantitative estimate of drug-likeness (QED) is 0.865. The van der Waals surface area contributed by atoms with E-state index in [1.165, 1.54) is 0 Å². The lowest BCUT2D eigenvalue weighted by Crippen LogP contribution is -2.41. The number of nitrogens with zero attached hydrogens (tertiary/aromatic N) is 2. The van der Waals surface area contributed by atoms with Crippen molar-refractivity contribution in [3.8, 4) is 5.75 Å². The summed E-state index contributed by atoms with van der Waals surface area (Å²) >= 11 is 0. The van der Waals surface area contributed by atoms with Gasteiger partial charge in [0.1, 0.15) is 5.75 Å². The third-order valence-electron chi connectivity index (χ3n) is 3.55. The zero-order valence-corrected chi connectivity index (χ0v) is 12.8. The van der Waals surface area contributed by atoms with Crippen molar-refractivity contribution in [3.05, 3.63) is 42.2 Å². The van der Waals surface area contributed by atoms with Crippen molar-refractivity contribution in [2.75, 3.05) is 11.9 Å². The first kappa shape index (κ1) is 15.1. The zero-order chi connectivity index (χ0) is 16.2. The summed E-state index contributed by atoms with van der Waals surface area (Å²) in [4.78, 5) is 24.0. The molecule has 0 aliphatic carbocycles. The van der Waals surface area contributed by atoms with Gasteiger partial charge in [0.15, 0.2) is 6.10 Å². The molecule has 2 heterocycles. The van der Waals surface area contributed by atoms with Gasteiger partial charge in [0.05, 0.1) is 18.7 Å². The minimum Gasteiger partial charge on any atom is -0.478 e. The fraction of sp³-hybridized carbons (Fsp3) is 0.312. The SMILES string of the molecule is Cc1ccc2c(c1)NC(=O)C(CC(=O)NCCn1cccn1)O2. The Bertz CT molecular complexity index is 712. The van der Waals surface area contributed by atoms with Gasteiger partial charge in [0.2, 0.25) is 5.91 Å². The molecule has 2 aromatic rings. The van der Waals surface area contributed by atoms with Crippen LogP contribution in [0.4, 0.5) is 5.69 Å². The van der Waals surface area contributed by atoms with E-state index in [2.05, 4.69) is 15.7 Å². The summed E-state index contributed by atoms with van der Waals surface area (Å²) in [5.41, 5.74) is 1.67. The van der Waals surface area contributed by atoms with Crippen LogP contribution in [0.25, 0.3) is 0 Å². The van der Waals surface area contributed by atoms with Crippen molar-refractivity contribution in [2.45, 2.75) is 26.0 Å². The van der Waals surface area contributed by atoms with Gasteiger partial charge in [0, 0.05) is 18.9 Å². The van der Waals surface area contributed by atoms with Crippen LogP contribution in [0.1, 0.15) is 12.0 Å². The highest BCUT2D eigenvalue weighted by Gasteiger charge is 2.29. The van der Waals surface area contributed by atoms with Gasteiger partial charge in [-0.25, -0.2) is 0 Å². The predicted molar refractivity (Wildman–Crippen MR) is 84.1 cm³/mol. The van der Waals surface area contributed by atoms with E-state index in [9.17, 15) is 9.59 Å². The Labute approximate surface area is 133 Å². The van der Waals surface area contributed by atoms with Gasteiger partial charge in [-0.3, -0.25) is 14.3 Å². The topological polar surface area (TPSA) is 85.3 Å². The monoisotopic (exact) mass is 314 g/mol. The number of fused-ring (bicyclic) bond motifs is 1. The molecular formula is C16H18N4O3. The number of rotatable bonds is 5. The maximum absolute atomic E-state index is 12.0. The lowest BCUT2D eigenvalue weighted by atomic mass is 10.1. The Kier molecular flexibility index (Phi) is 4.27. The number of hydrogen-bond acceptors (Lipinski definition) is 4. The third-order valence-corrected chi connectivity index (χ3v) is 3.55. The number of anilines is 1. The van der Waals surface area contributed by atoms with E-state index in [1.54, 1.807) is 16.9 Å². The van der Waals surface area contributed by atoms with Crippen LogP contribution in [-0.2, 0) is 16.1 Å². The summed E-state index contributed by atoms with van der Waals surface area (Å²) in [6.45, 7) is 2.97. The molecule has 2 amide bonds.